The lowest BCUT2D eigenvalue weighted by Gasteiger charge is -2.26. The third kappa shape index (κ3) is 6.03. The Morgan fingerprint density at radius 2 is 1.62 bits per heavy atom. The second kappa shape index (κ2) is 7.42. The fourth-order valence-electron chi connectivity index (χ4n) is 1.20. The molecule has 2 unspecified atom stereocenters. The van der Waals surface area contributed by atoms with E-state index in [1.165, 1.54) is 6.92 Å². The van der Waals surface area contributed by atoms with E-state index in [1.54, 1.807) is 0 Å². The first kappa shape index (κ1) is 22.2. The van der Waals surface area contributed by atoms with Crippen LogP contribution in [0.1, 0.15) is 20.3 Å². The largest absolute Gasteiger partial charge is 0.459 e. The van der Waals surface area contributed by atoms with Crippen LogP contribution in [0.4, 0.5) is 22.0 Å². The molecule has 13 heteroatoms. The fraction of sp³-hybridized carbons (Fsp3) is 0.636. The lowest BCUT2D eigenvalue weighted by molar-refractivity contribution is -0.259. The lowest BCUT2D eigenvalue weighted by Crippen LogP contribution is -2.52. The van der Waals surface area contributed by atoms with Crippen molar-refractivity contribution in [2.75, 3.05) is 0 Å². The molecule has 0 aliphatic rings. The molecule has 0 aromatic heterocycles. The smallest absolute Gasteiger partial charge is 0.432 e. The highest BCUT2D eigenvalue weighted by atomic mass is 32.2. The van der Waals surface area contributed by atoms with Crippen molar-refractivity contribution in [1.82, 2.24) is 0 Å². The zero-order valence-corrected chi connectivity index (χ0v) is 13.1. The zero-order valence-electron chi connectivity index (χ0n) is 12.3. The molecule has 0 fully saturated rings. The van der Waals surface area contributed by atoms with Crippen molar-refractivity contribution in [3.8, 4) is 0 Å². The van der Waals surface area contributed by atoms with Gasteiger partial charge in [-0.1, -0.05) is 6.58 Å². The number of alkyl halides is 5. The van der Waals surface area contributed by atoms with Crippen molar-refractivity contribution >= 4 is 22.1 Å². The maximum Gasteiger partial charge on any atom is 0.432 e. The second-order valence-corrected chi connectivity index (χ2v) is 6.14. The Balaban J connectivity index is 5.18. The van der Waals surface area contributed by atoms with Crippen LogP contribution in [0.25, 0.3) is 0 Å². The number of hydrogen-bond donors (Lipinski definition) is 1. The van der Waals surface area contributed by atoms with Crippen LogP contribution in [0, 0.1) is 0 Å². The Morgan fingerprint density at radius 3 is 1.96 bits per heavy atom. The molecule has 140 valence electrons. The molecule has 7 nitrogen and oxygen atoms in total. The number of rotatable bonds is 7. The van der Waals surface area contributed by atoms with E-state index < -0.39 is 52.1 Å². The highest BCUT2D eigenvalue weighted by molar-refractivity contribution is 7.86. The zero-order chi connectivity index (χ0) is 19.5. The number of hydrogen-bond acceptors (Lipinski definition) is 6. The Kier molecular flexibility index (Phi) is 6.88. The summed E-state index contributed by atoms with van der Waals surface area (Å²) < 4.78 is 101. The van der Waals surface area contributed by atoms with Gasteiger partial charge in [-0.3, -0.25) is 9.35 Å². The minimum absolute atomic E-state index is 0.0960. The van der Waals surface area contributed by atoms with Crippen molar-refractivity contribution in [2.45, 2.75) is 43.9 Å². The molecule has 0 saturated carbocycles. The Labute approximate surface area is 133 Å². The van der Waals surface area contributed by atoms with Gasteiger partial charge in [0, 0.05) is 5.57 Å². The van der Waals surface area contributed by atoms with Gasteiger partial charge < -0.3 is 9.47 Å². The van der Waals surface area contributed by atoms with Crippen LogP contribution < -0.4 is 0 Å². The first-order valence-electron chi connectivity index (χ1n) is 5.97. The number of esters is 2. The van der Waals surface area contributed by atoms with E-state index in [0.717, 1.165) is 6.92 Å². The molecule has 0 aliphatic carbocycles. The van der Waals surface area contributed by atoms with Crippen LogP contribution in [0.5, 0.6) is 0 Å². The van der Waals surface area contributed by atoms with E-state index in [4.69, 9.17) is 4.55 Å². The highest BCUT2D eigenvalue weighted by Gasteiger charge is 2.66. The molecule has 0 aromatic rings. The molecule has 0 heterocycles. The highest BCUT2D eigenvalue weighted by Crippen LogP contribution is 2.38. The average molecular weight is 384 g/mol. The average Bonchev–Trinajstić information content (AvgIpc) is 2.32. The number of ether oxygens (including phenoxy) is 2. The van der Waals surface area contributed by atoms with Crippen molar-refractivity contribution in [3.63, 3.8) is 0 Å². The molecule has 1 N–H and O–H groups in total. The minimum Gasteiger partial charge on any atom is -0.459 e. The van der Waals surface area contributed by atoms with Crippen LogP contribution >= 0.6 is 0 Å². The molecule has 0 spiro atoms. The fourth-order valence-corrected chi connectivity index (χ4v) is 1.65. The summed E-state index contributed by atoms with van der Waals surface area (Å²) in [6.45, 7) is 5.48. The molecule has 0 bridgehead atoms. The van der Waals surface area contributed by atoms with Crippen molar-refractivity contribution in [1.29, 1.82) is 0 Å². The molecule has 24 heavy (non-hydrogen) atoms. The van der Waals surface area contributed by atoms with Crippen molar-refractivity contribution < 1.29 is 54.0 Å². The summed E-state index contributed by atoms with van der Waals surface area (Å²) in [5.74, 6) is -2.92. The number of halogens is 5. The lowest BCUT2D eigenvalue weighted by atomic mass is 10.2. The third-order valence-corrected chi connectivity index (χ3v) is 3.21. The second-order valence-electron chi connectivity index (χ2n) is 4.65. The van der Waals surface area contributed by atoms with Gasteiger partial charge in [-0.15, -0.1) is 0 Å². The van der Waals surface area contributed by atoms with Crippen LogP contribution in [0.15, 0.2) is 12.2 Å². The summed E-state index contributed by atoms with van der Waals surface area (Å²) in [6.07, 6.45) is -12.9. The van der Waals surface area contributed by atoms with Gasteiger partial charge in [0.25, 0.3) is 6.10 Å². The quantitative estimate of drug-likeness (QED) is 0.309. The molecule has 0 rings (SSSR count). The van der Waals surface area contributed by atoms with E-state index in [-0.39, 0.29) is 5.57 Å². The van der Waals surface area contributed by atoms with Crippen LogP contribution in [-0.2, 0) is 29.2 Å². The van der Waals surface area contributed by atoms with E-state index >= 15 is 0 Å². The summed E-state index contributed by atoms with van der Waals surface area (Å²) in [7, 11) is -6.52. The first-order chi connectivity index (χ1) is 10.5. The first-order valence-corrected chi connectivity index (χ1v) is 7.41. The summed E-state index contributed by atoms with van der Waals surface area (Å²) >= 11 is 0. The molecular formula is C11H13F5O7S. The molecule has 0 aromatic carbocycles. The van der Waals surface area contributed by atoms with Crippen molar-refractivity contribution in [3.05, 3.63) is 12.2 Å². The summed E-state index contributed by atoms with van der Waals surface area (Å²) in [6, 6.07) is 0. The SMILES string of the molecule is C=C(C)C(=O)OC(C)CC(=O)OC(C(F)(F)F)C(F)(F)S(=O)(=O)O. The topological polar surface area (TPSA) is 107 Å². The van der Waals surface area contributed by atoms with Crippen molar-refractivity contribution in [2.24, 2.45) is 0 Å². The van der Waals surface area contributed by atoms with Crippen LogP contribution in [0.3, 0.4) is 0 Å². The maximum atomic E-state index is 13.2. The standard InChI is InChI=1S/C11H13F5O7S/c1-5(2)8(18)22-6(3)4-7(17)23-9(10(12,13)14)11(15,16)24(19,20)21/h6,9H,1,4H2,2-3H3,(H,19,20,21). The monoisotopic (exact) mass is 384 g/mol. The summed E-state index contributed by atoms with van der Waals surface area (Å²) in [5, 5.41) is -5.82. The Bertz CT molecular complexity index is 611. The molecular weight excluding hydrogens is 371 g/mol. The molecule has 0 amide bonds. The van der Waals surface area contributed by atoms with Crippen LogP contribution in [-0.4, -0.2) is 48.5 Å². The predicted octanol–water partition coefficient (Wildman–Crippen LogP) is 1.84. The number of carbonyl (C=O) groups is 2. The molecule has 0 saturated heterocycles. The van der Waals surface area contributed by atoms with Gasteiger partial charge in [0.15, 0.2) is 0 Å². The van der Waals surface area contributed by atoms with Gasteiger partial charge in [-0.05, 0) is 13.8 Å². The van der Waals surface area contributed by atoms with E-state index in [2.05, 4.69) is 16.1 Å². The van der Waals surface area contributed by atoms with E-state index in [9.17, 15) is 40.0 Å². The molecule has 0 radical (unpaired) electrons. The van der Waals surface area contributed by atoms with Gasteiger partial charge in [-0.25, -0.2) is 4.79 Å². The van der Waals surface area contributed by atoms with Gasteiger partial charge >= 0.3 is 33.5 Å². The Hall–Kier alpha value is -1.76. The van der Waals surface area contributed by atoms with Gasteiger partial charge in [0.2, 0.25) is 0 Å². The van der Waals surface area contributed by atoms with Gasteiger partial charge in [0.05, 0.1) is 6.42 Å². The predicted molar refractivity (Wildman–Crippen MR) is 67.4 cm³/mol. The summed E-state index contributed by atoms with van der Waals surface area (Å²) in [4.78, 5) is 22.4. The molecule has 2 atom stereocenters. The third-order valence-electron chi connectivity index (χ3n) is 2.31. The minimum atomic E-state index is -6.52. The number of carbonyl (C=O) groups excluding carboxylic acids is 2. The van der Waals surface area contributed by atoms with Gasteiger partial charge in [-0.2, -0.15) is 30.4 Å². The maximum absolute atomic E-state index is 13.2. The van der Waals surface area contributed by atoms with Gasteiger partial charge in [0.1, 0.15) is 6.10 Å². The van der Waals surface area contributed by atoms with Crippen LogP contribution in [0.2, 0.25) is 0 Å². The normalized spacial score (nSPS) is 15.3. The van der Waals surface area contributed by atoms with E-state index in [0.29, 0.717) is 0 Å². The molecule has 0 aliphatic heterocycles. The summed E-state index contributed by atoms with van der Waals surface area (Å²) in [5.41, 5.74) is -0.0960. The Morgan fingerprint density at radius 1 is 1.17 bits per heavy atom. The van der Waals surface area contributed by atoms with E-state index in [1.807, 2.05) is 0 Å².